The van der Waals surface area contributed by atoms with Crippen molar-refractivity contribution in [3.05, 3.63) is 51.6 Å². The number of phenolic OH excluding ortho intramolecular Hbond substituents is 2. The summed E-state index contributed by atoms with van der Waals surface area (Å²) in [7, 11) is 1.36. The fourth-order valence-corrected chi connectivity index (χ4v) is 2.83. The minimum absolute atomic E-state index is 0.0282. The fraction of sp³-hybridized carbons (Fsp3) is 0.118. The topological polar surface area (TPSA) is 101 Å². The SMILES string of the molecule is COc1cccc2c1C(=O)c1c(O)c(C)c(C=O)c(O)c1C2=O. The van der Waals surface area contributed by atoms with Crippen LogP contribution >= 0.6 is 0 Å². The van der Waals surface area contributed by atoms with Crippen LogP contribution < -0.4 is 4.74 Å². The summed E-state index contributed by atoms with van der Waals surface area (Å²) in [4.78, 5) is 36.6. The van der Waals surface area contributed by atoms with Gasteiger partial charge in [-0.05, 0) is 13.0 Å². The van der Waals surface area contributed by atoms with Gasteiger partial charge in [-0.1, -0.05) is 12.1 Å². The fourth-order valence-electron chi connectivity index (χ4n) is 2.83. The molecule has 1 aliphatic carbocycles. The Morgan fingerprint density at radius 1 is 1.00 bits per heavy atom. The number of fused-ring (bicyclic) bond motifs is 2. The number of methoxy groups -OCH3 is 1. The van der Waals surface area contributed by atoms with Crippen molar-refractivity contribution in [3.63, 3.8) is 0 Å². The van der Waals surface area contributed by atoms with Crippen LogP contribution in [0.1, 0.15) is 47.8 Å². The van der Waals surface area contributed by atoms with E-state index in [-0.39, 0.29) is 39.1 Å². The van der Waals surface area contributed by atoms with Crippen molar-refractivity contribution >= 4 is 17.9 Å². The van der Waals surface area contributed by atoms with Crippen molar-refractivity contribution in [2.45, 2.75) is 6.92 Å². The molecule has 2 aromatic rings. The largest absolute Gasteiger partial charge is 0.507 e. The van der Waals surface area contributed by atoms with Gasteiger partial charge in [-0.25, -0.2) is 0 Å². The lowest BCUT2D eigenvalue weighted by Gasteiger charge is -2.22. The van der Waals surface area contributed by atoms with E-state index in [4.69, 9.17) is 4.74 Å². The van der Waals surface area contributed by atoms with Crippen molar-refractivity contribution in [2.75, 3.05) is 7.11 Å². The van der Waals surface area contributed by atoms with E-state index in [1.807, 2.05) is 0 Å². The number of ether oxygens (including phenoxy) is 1. The Balaban J connectivity index is 2.45. The van der Waals surface area contributed by atoms with E-state index in [0.717, 1.165) is 0 Å². The number of phenols is 2. The highest BCUT2D eigenvalue weighted by Crippen LogP contribution is 2.43. The predicted octanol–water partition coefficient (Wildman–Crippen LogP) is 2.00. The Labute approximate surface area is 130 Å². The van der Waals surface area contributed by atoms with E-state index >= 15 is 0 Å². The highest BCUT2D eigenvalue weighted by molar-refractivity contribution is 6.31. The molecule has 0 unspecified atom stereocenters. The van der Waals surface area contributed by atoms with Gasteiger partial charge in [0.2, 0.25) is 5.78 Å². The van der Waals surface area contributed by atoms with E-state index < -0.39 is 23.1 Å². The Morgan fingerprint density at radius 3 is 2.26 bits per heavy atom. The normalized spacial score (nSPS) is 12.6. The molecular weight excluding hydrogens is 300 g/mol. The quantitative estimate of drug-likeness (QED) is 0.554. The van der Waals surface area contributed by atoms with Crippen LogP contribution in [0.15, 0.2) is 18.2 Å². The Morgan fingerprint density at radius 2 is 1.65 bits per heavy atom. The third-order valence-electron chi connectivity index (χ3n) is 4.03. The molecule has 0 aromatic heterocycles. The molecule has 0 atom stereocenters. The van der Waals surface area contributed by atoms with Gasteiger partial charge < -0.3 is 14.9 Å². The summed E-state index contributed by atoms with van der Waals surface area (Å²) in [6, 6.07) is 4.50. The highest BCUT2D eigenvalue weighted by atomic mass is 16.5. The number of ketones is 2. The molecule has 0 fully saturated rings. The Bertz CT molecular complexity index is 895. The number of carbonyl (C=O) groups excluding carboxylic acids is 3. The first-order chi connectivity index (χ1) is 10.9. The van der Waals surface area contributed by atoms with Gasteiger partial charge in [0.05, 0.1) is 29.4 Å². The molecule has 0 saturated carbocycles. The first-order valence-corrected chi connectivity index (χ1v) is 6.74. The maximum atomic E-state index is 12.8. The molecule has 0 aliphatic heterocycles. The second-order valence-electron chi connectivity index (χ2n) is 5.14. The van der Waals surface area contributed by atoms with Gasteiger partial charge in [0.25, 0.3) is 0 Å². The molecule has 6 nitrogen and oxygen atoms in total. The van der Waals surface area contributed by atoms with Crippen molar-refractivity contribution in [1.82, 2.24) is 0 Å². The molecule has 0 saturated heterocycles. The maximum absolute atomic E-state index is 12.8. The summed E-state index contributed by atoms with van der Waals surface area (Å²) >= 11 is 0. The van der Waals surface area contributed by atoms with E-state index in [1.54, 1.807) is 6.07 Å². The molecule has 6 heteroatoms. The number of rotatable bonds is 2. The second kappa shape index (κ2) is 4.95. The zero-order valence-corrected chi connectivity index (χ0v) is 12.3. The lowest BCUT2D eigenvalue weighted by atomic mass is 9.80. The van der Waals surface area contributed by atoms with E-state index in [9.17, 15) is 24.6 Å². The van der Waals surface area contributed by atoms with Gasteiger partial charge in [0, 0.05) is 11.1 Å². The van der Waals surface area contributed by atoms with Crippen molar-refractivity contribution in [2.24, 2.45) is 0 Å². The molecule has 23 heavy (non-hydrogen) atoms. The third kappa shape index (κ3) is 1.78. The minimum Gasteiger partial charge on any atom is -0.507 e. The van der Waals surface area contributed by atoms with E-state index in [0.29, 0.717) is 6.29 Å². The highest BCUT2D eigenvalue weighted by Gasteiger charge is 2.38. The first kappa shape index (κ1) is 14.8. The van der Waals surface area contributed by atoms with Crippen LogP contribution in [-0.4, -0.2) is 35.2 Å². The van der Waals surface area contributed by atoms with Gasteiger partial charge in [-0.2, -0.15) is 0 Å². The molecule has 1 aliphatic rings. The van der Waals surface area contributed by atoms with Crippen LogP contribution in [0.25, 0.3) is 0 Å². The molecule has 3 rings (SSSR count). The number of benzene rings is 2. The van der Waals surface area contributed by atoms with Gasteiger partial charge in [-0.3, -0.25) is 14.4 Å². The number of aldehydes is 1. The monoisotopic (exact) mass is 312 g/mol. The second-order valence-corrected chi connectivity index (χ2v) is 5.14. The Hall–Kier alpha value is -3.15. The van der Waals surface area contributed by atoms with Crippen molar-refractivity contribution < 1.29 is 29.3 Å². The van der Waals surface area contributed by atoms with Crippen LogP contribution in [0.2, 0.25) is 0 Å². The van der Waals surface area contributed by atoms with E-state index in [2.05, 4.69) is 0 Å². The number of carbonyl (C=O) groups is 3. The van der Waals surface area contributed by atoms with Gasteiger partial charge in [-0.15, -0.1) is 0 Å². The lowest BCUT2D eigenvalue weighted by molar-refractivity contribution is 0.0970. The summed E-state index contributed by atoms with van der Waals surface area (Å²) in [6.07, 6.45) is 0.337. The van der Waals surface area contributed by atoms with Crippen LogP contribution in [-0.2, 0) is 0 Å². The van der Waals surface area contributed by atoms with Gasteiger partial charge >= 0.3 is 0 Å². The van der Waals surface area contributed by atoms with Crippen LogP contribution in [0.3, 0.4) is 0 Å². The summed E-state index contributed by atoms with van der Waals surface area (Å²) in [5.41, 5.74) is -0.768. The smallest absolute Gasteiger partial charge is 0.202 e. The van der Waals surface area contributed by atoms with Crippen LogP contribution in [0.4, 0.5) is 0 Å². The molecule has 0 spiro atoms. The van der Waals surface area contributed by atoms with Crippen molar-refractivity contribution in [3.8, 4) is 17.2 Å². The zero-order chi connectivity index (χ0) is 16.9. The Kier molecular flexibility index (Phi) is 3.18. The molecule has 0 bridgehead atoms. The average molecular weight is 312 g/mol. The minimum atomic E-state index is -0.649. The summed E-state index contributed by atoms with van der Waals surface area (Å²) in [5.74, 6) is -2.18. The number of hydrogen-bond donors (Lipinski definition) is 2. The number of hydrogen-bond acceptors (Lipinski definition) is 6. The molecule has 0 heterocycles. The standard InChI is InChI=1S/C17H12O6/c1-7-9(6-18)16(21)13-12(14(7)19)17(22)11-8(15(13)20)4-3-5-10(11)23-2/h3-6,19,21H,1-2H3. The molecular formula is C17H12O6. The third-order valence-corrected chi connectivity index (χ3v) is 4.03. The zero-order valence-electron chi connectivity index (χ0n) is 12.3. The molecule has 116 valence electrons. The van der Waals surface area contributed by atoms with Crippen LogP contribution in [0, 0.1) is 6.92 Å². The van der Waals surface area contributed by atoms with Crippen molar-refractivity contribution in [1.29, 1.82) is 0 Å². The number of aromatic hydroxyl groups is 2. The van der Waals surface area contributed by atoms with E-state index in [1.165, 1.54) is 26.2 Å². The molecule has 0 amide bonds. The molecule has 2 aromatic carbocycles. The summed E-state index contributed by atoms with van der Waals surface area (Å²) in [6.45, 7) is 1.38. The first-order valence-electron chi connectivity index (χ1n) is 6.74. The van der Waals surface area contributed by atoms with Gasteiger partial charge in [0.15, 0.2) is 12.1 Å². The predicted molar refractivity (Wildman–Crippen MR) is 79.8 cm³/mol. The molecule has 2 N–H and O–H groups in total. The maximum Gasteiger partial charge on any atom is 0.202 e. The van der Waals surface area contributed by atoms with Gasteiger partial charge in [0.1, 0.15) is 17.2 Å². The average Bonchev–Trinajstić information content (AvgIpc) is 2.55. The summed E-state index contributed by atoms with van der Waals surface area (Å²) in [5, 5.41) is 20.5. The van der Waals surface area contributed by atoms with Crippen LogP contribution in [0.5, 0.6) is 17.2 Å². The lowest BCUT2D eigenvalue weighted by Crippen LogP contribution is -2.23. The molecule has 0 radical (unpaired) electrons. The summed E-state index contributed by atoms with van der Waals surface area (Å²) < 4.78 is 5.12.